The third kappa shape index (κ3) is 3.64. The topological polar surface area (TPSA) is 9.23 Å². The lowest BCUT2D eigenvalue weighted by Gasteiger charge is -2.09. The molecule has 0 bridgehead atoms. The zero-order valence-electron chi connectivity index (χ0n) is 7.47. The molecule has 13 heavy (non-hydrogen) atoms. The Balaban J connectivity index is 2.45. The van der Waals surface area contributed by atoms with Crippen molar-refractivity contribution in [2.45, 2.75) is 6.92 Å². The van der Waals surface area contributed by atoms with Crippen molar-refractivity contribution in [3.63, 3.8) is 0 Å². The molecule has 1 aromatic rings. The van der Waals surface area contributed by atoms with Crippen molar-refractivity contribution in [2.75, 3.05) is 12.5 Å². The molecule has 0 aromatic heterocycles. The minimum atomic E-state index is -0.281. The molecular weight excluding hydrogens is 191 g/mol. The van der Waals surface area contributed by atoms with E-state index in [1.54, 1.807) is 12.1 Å². The van der Waals surface area contributed by atoms with Gasteiger partial charge in [0.2, 0.25) is 0 Å². The molecule has 1 nitrogen and oxygen atoms in total. The number of rotatable bonds is 4. The first-order valence-electron chi connectivity index (χ1n) is 4.16. The van der Waals surface area contributed by atoms with E-state index in [4.69, 9.17) is 16.3 Å². The molecule has 0 saturated carbocycles. The lowest BCUT2D eigenvalue weighted by Crippen LogP contribution is -2.09. The third-order valence-electron chi connectivity index (χ3n) is 1.59. The Hall–Kier alpha value is -0.760. The van der Waals surface area contributed by atoms with Gasteiger partial charge < -0.3 is 4.74 Å². The zero-order valence-corrected chi connectivity index (χ0v) is 8.22. The molecule has 1 atom stereocenters. The fourth-order valence-electron chi connectivity index (χ4n) is 0.840. The Morgan fingerprint density at radius 1 is 1.54 bits per heavy atom. The van der Waals surface area contributed by atoms with Gasteiger partial charge in [0, 0.05) is 17.9 Å². The molecule has 0 aliphatic carbocycles. The molecule has 0 aliphatic heterocycles. The van der Waals surface area contributed by atoms with E-state index in [2.05, 4.69) is 0 Å². The highest BCUT2D eigenvalue weighted by Crippen LogP contribution is 2.13. The van der Waals surface area contributed by atoms with E-state index in [0.717, 1.165) is 0 Å². The number of alkyl halides is 1. The molecule has 0 amide bonds. The largest absolute Gasteiger partial charge is 0.493 e. The van der Waals surface area contributed by atoms with E-state index in [1.807, 2.05) is 6.92 Å². The van der Waals surface area contributed by atoms with Crippen molar-refractivity contribution < 1.29 is 9.13 Å². The maximum atomic E-state index is 12.7. The quantitative estimate of drug-likeness (QED) is 0.682. The van der Waals surface area contributed by atoms with Gasteiger partial charge in [-0.2, -0.15) is 0 Å². The number of hydrogen-bond acceptors (Lipinski definition) is 1. The Morgan fingerprint density at radius 2 is 2.31 bits per heavy atom. The molecule has 3 heteroatoms. The predicted octanol–water partition coefficient (Wildman–Crippen LogP) is 3.08. The molecule has 1 aromatic carbocycles. The number of benzene rings is 1. The SMILES string of the molecule is CC(CCl)COc1cccc(F)c1. The fraction of sp³-hybridized carbons (Fsp3) is 0.400. The van der Waals surface area contributed by atoms with E-state index < -0.39 is 0 Å². The van der Waals surface area contributed by atoms with Gasteiger partial charge in [-0.05, 0) is 12.1 Å². The highest BCUT2D eigenvalue weighted by molar-refractivity contribution is 6.18. The van der Waals surface area contributed by atoms with Gasteiger partial charge in [-0.1, -0.05) is 13.0 Å². The summed E-state index contributed by atoms with van der Waals surface area (Å²) in [5, 5.41) is 0. The second-order valence-electron chi connectivity index (χ2n) is 3.03. The minimum absolute atomic E-state index is 0.281. The summed E-state index contributed by atoms with van der Waals surface area (Å²) in [6.45, 7) is 2.50. The Morgan fingerprint density at radius 3 is 2.92 bits per heavy atom. The van der Waals surface area contributed by atoms with Gasteiger partial charge in [0.25, 0.3) is 0 Å². The van der Waals surface area contributed by atoms with Crippen LogP contribution < -0.4 is 4.74 Å². The van der Waals surface area contributed by atoms with Crippen LogP contribution in [-0.4, -0.2) is 12.5 Å². The van der Waals surface area contributed by atoms with Gasteiger partial charge >= 0.3 is 0 Å². The van der Waals surface area contributed by atoms with Crippen molar-refractivity contribution in [3.8, 4) is 5.75 Å². The van der Waals surface area contributed by atoms with Crippen LogP contribution in [0.4, 0.5) is 4.39 Å². The highest BCUT2D eigenvalue weighted by Gasteiger charge is 2.01. The summed E-state index contributed by atoms with van der Waals surface area (Å²) < 4.78 is 18.0. The van der Waals surface area contributed by atoms with E-state index in [-0.39, 0.29) is 11.7 Å². The summed E-state index contributed by atoms with van der Waals surface area (Å²) in [5.41, 5.74) is 0. The summed E-state index contributed by atoms with van der Waals surface area (Å²) in [6.07, 6.45) is 0. The van der Waals surface area contributed by atoms with E-state index in [9.17, 15) is 4.39 Å². The Kier molecular flexibility index (Phi) is 4.03. The van der Waals surface area contributed by atoms with E-state index in [1.165, 1.54) is 12.1 Å². The van der Waals surface area contributed by atoms with Crippen LogP contribution in [0, 0.1) is 11.7 Å². The standard InChI is InChI=1S/C10H12ClFO/c1-8(6-11)7-13-10-4-2-3-9(12)5-10/h2-5,8H,6-7H2,1H3. The third-order valence-corrected chi connectivity index (χ3v) is 2.12. The van der Waals surface area contributed by atoms with E-state index >= 15 is 0 Å². The second-order valence-corrected chi connectivity index (χ2v) is 3.34. The molecule has 0 saturated heterocycles. The summed E-state index contributed by atoms with van der Waals surface area (Å²) in [4.78, 5) is 0. The van der Waals surface area contributed by atoms with Gasteiger partial charge in [0.05, 0.1) is 6.61 Å². The smallest absolute Gasteiger partial charge is 0.126 e. The van der Waals surface area contributed by atoms with Gasteiger partial charge in [0.1, 0.15) is 11.6 Å². The van der Waals surface area contributed by atoms with E-state index in [0.29, 0.717) is 18.2 Å². The van der Waals surface area contributed by atoms with Crippen molar-refractivity contribution in [1.29, 1.82) is 0 Å². The van der Waals surface area contributed by atoms with Crippen molar-refractivity contribution >= 4 is 11.6 Å². The maximum absolute atomic E-state index is 12.7. The van der Waals surface area contributed by atoms with Crippen LogP contribution in [0.3, 0.4) is 0 Å². The van der Waals surface area contributed by atoms with Crippen LogP contribution in [0.1, 0.15) is 6.92 Å². The van der Waals surface area contributed by atoms with Crippen LogP contribution >= 0.6 is 11.6 Å². The molecule has 0 spiro atoms. The molecule has 0 N–H and O–H groups in total. The summed E-state index contributed by atoms with van der Waals surface area (Å²) >= 11 is 5.60. The van der Waals surface area contributed by atoms with Gasteiger partial charge in [-0.3, -0.25) is 0 Å². The second kappa shape index (κ2) is 5.07. The average Bonchev–Trinajstić information content (AvgIpc) is 2.14. The fourth-order valence-corrected chi connectivity index (χ4v) is 0.929. The molecule has 0 radical (unpaired) electrons. The molecule has 72 valence electrons. The normalized spacial score (nSPS) is 12.5. The van der Waals surface area contributed by atoms with Gasteiger partial charge in [-0.15, -0.1) is 11.6 Å². The van der Waals surface area contributed by atoms with Gasteiger partial charge in [-0.25, -0.2) is 4.39 Å². The maximum Gasteiger partial charge on any atom is 0.126 e. The van der Waals surface area contributed by atoms with Crippen LogP contribution in [0.5, 0.6) is 5.75 Å². The first-order chi connectivity index (χ1) is 6.22. The molecule has 0 fully saturated rings. The first-order valence-corrected chi connectivity index (χ1v) is 4.70. The first kappa shape index (κ1) is 10.3. The lowest BCUT2D eigenvalue weighted by atomic mass is 10.2. The van der Waals surface area contributed by atoms with Crippen molar-refractivity contribution in [3.05, 3.63) is 30.1 Å². The average molecular weight is 203 g/mol. The summed E-state index contributed by atoms with van der Waals surface area (Å²) in [7, 11) is 0. The monoisotopic (exact) mass is 202 g/mol. The van der Waals surface area contributed by atoms with Crippen LogP contribution in [0.25, 0.3) is 0 Å². The van der Waals surface area contributed by atoms with Crippen molar-refractivity contribution in [1.82, 2.24) is 0 Å². The Labute approximate surface area is 82.5 Å². The predicted molar refractivity (Wildman–Crippen MR) is 51.8 cm³/mol. The summed E-state index contributed by atoms with van der Waals surface area (Å²) in [5.74, 6) is 1.10. The Bertz CT molecular complexity index is 265. The molecule has 0 heterocycles. The minimum Gasteiger partial charge on any atom is -0.493 e. The molecule has 1 unspecified atom stereocenters. The number of ether oxygens (including phenoxy) is 1. The van der Waals surface area contributed by atoms with Crippen molar-refractivity contribution in [2.24, 2.45) is 5.92 Å². The summed E-state index contributed by atoms with van der Waals surface area (Å²) in [6, 6.07) is 6.10. The molecule has 1 rings (SSSR count). The lowest BCUT2D eigenvalue weighted by molar-refractivity contribution is 0.271. The molecular formula is C10H12ClFO. The van der Waals surface area contributed by atoms with Crippen LogP contribution in [-0.2, 0) is 0 Å². The van der Waals surface area contributed by atoms with Gasteiger partial charge in [0.15, 0.2) is 0 Å². The van der Waals surface area contributed by atoms with Crippen LogP contribution in [0.2, 0.25) is 0 Å². The zero-order chi connectivity index (χ0) is 9.68. The highest BCUT2D eigenvalue weighted by atomic mass is 35.5. The molecule has 0 aliphatic rings. The number of halogens is 2. The number of hydrogen-bond donors (Lipinski definition) is 0. The van der Waals surface area contributed by atoms with Crippen LogP contribution in [0.15, 0.2) is 24.3 Å².